The number of hydrogen-bond acceptors (Lipinski definition) is 3. The summed E-state index contributed by atoms with van der Waals surface area (Å²) < 4.78 is 1.78. The Hall–Kier alpha value is -1.85. The first-order valence-electron chi connectivity index (χ1n) is 6.91. The van der Waals surface area contributed by atoms with Crippen LogP contribution in [0.4, 0.5) is 0 Å². The van der Waals surface area contributed by atoms with Crippen LogP contribution in [0.15, 0.2) is 36.5 Å². The number of aliphatic carboxylic acids is 1. The van der Waals surface area contributed by atoms with E-state index < -0.39 is 5.97 Å². The minimum atomic E-state index is -0.746. The molecule has 0 aliphatic carbocycles. The second-order valence-electron chi connectivity index (χ2n) is 5.19. The lowest BCUT2D eigenvalue weighted by Crippen LogP contribution is -2.35. The van der Waals surface area contributed by atoms with Crippen molar-refractivity contribution in [2.24, 2.45) is 0 Å². The number of hydrogen-bond donors (Lipinski definition) is 1. The highest BCUT2D eigenvalue weighted by atomic mass is 35.5. The molecule has 1 aromatic carbocycles. The van der Waals surface area contributed by atoms with E-state index in [0.717, 1.165) is 24.3 Å². The van der Waals surface area contributed by atoms with Crippen LogP contribution in [0.5, 0.6) is 0 Å². The van der Waals surface area contributed by atoms with Crippen LogP contribution in [-0.2, 0) is 11.3 Å². The van der Waals surface area contributed by atoms with E-state index >= 15 is 0 Å². The Bertz CT molecular complexity index is 639. The highest BCUT2D eigenvalue weighted by Crippen LogP contribution is 2.20. The quantitative estimate of drug-likeness (QED) is 0.943. The molecule has 1 N–H and O–H groups in total. The molecule has 3 rings (SSSR count). The van der Waals surface area contributed by atoms with Crippen LogP contribution >= 0.6 is 11.6 Å². The van der Waals surface area contributed by atoms with Crippen molar-refractivity contribution >= 4 is 17.6 Å². The van der Waals surface area contributed by atoms with Crippen LogP contribution < -0.4 is 0 Å². The summed E-state index contributed by atoms with van der Waals surface area (Å²) in [6.45, 7) is 1.38. The van der Waals surface area contributed by atoms with Gasteiger partial charge in [-0.3, -0.25) is 9.69 Å². The standard InChI is InChI=1S/C15H16ClN3O2/c16-11-3-5-13(6-4-11)19-9-7-12(17-19)10-18-8-1-2-14(18)15(20)21/h3-7,9,14H,1-2,8,10H2,(H,20,21)/t14-/m0/s1. The van der Waals surface area contributed by atoms with E-state index in [1.807, 2.05) is 41.4 Å². The van der Waals surface area contributed by atoms with Gasteiger partial charge in [-0.15, -0.1) is 0 Å². The predicted molar refractivity (Wildman–Crippen MR) is 79.6 cm³/mol. The molecule has 0 spiro atoms. The molecule has 0 unspecified atom stereocenters. The van der Waals surface area contributed by atoms with Crippen LogP contribution in [0.2, 0.25) is 5.02 Å². The van der Waals surface area contributed by atoms with Gasteiger partial charge in [0.25, 0.3) is 0 Å². The number of carboxylic acid groups (broad SMARTS) is 1. The van der Waals surface area contributed by atoms with Crippen molar-refractivity contribution in [3.63, 3.8) is 0 Å². The van der Waals surface area contributed by atoms with E-state index in [2.05, 4.69) is 5.10 Å². The van der Waals surface area contributed by atoms with Crippen molar-refractivity contribution < 1.29 is 9.90 Å². The lowest BCUT2D eigenvalue weighted by molar-refractivity contribution is -0.142. The van der Waals surface area contributed by atoms with Gasteiger partial charge in [-0.05, 0) is 49.7 Å². The molecule has 1 atom stereocenters. The van der Waals surface area contributed by atoms with Crippen molar-refractivity contribution in [3.05, 3.63) is 47.2 Å². The van der Waals surface area contributed by atoms with Crippen LogP contribution in [0.25, 0.3) is 5.69 Å². The van der Waals surface area contributed by atoms with Crippen molar-refractivity contribution in [2.75, 3.05) is 6.54 Å². The number of rotatable bonds is 4. The van der Waals surface area contributed by atoms with Gasteiger partial charge in [-0.25, -0.2) is 4.68 Å². The maximum atomic E-state index is 11.2. The fourth-order valence-electron chi connectivity index (χ4n) is 2.69. The van der Waals surface area contributed by atoms with Gasteiger partial charge in [-0.1, -0.05) is 11.6 Å². The van der Waals surface area contributed by atoms with Gasteiger partial charge in [0.15, 0.2) is 0 Å². The molecule has 1 fully saturated rings. The topological polar surface area (TPSA) is 58.4 Å². The molecule has 1 aromatic heterocycles. The molecule has 0 radical (unpaired) electrons. The molecule has 110 valence electrons. The number of halogens is 1. The minimum absolute atomic E-state index is 0.384. The molecule has 0 saturated carbocycles. The predicted octanol–water partition coefficient (Wildman–Crippen LogP) is 2.57. The third kappa shape index (κ3) is 3.09. The summed E-state index contributed by atoms with van der Waals surface area (Å²) in [7, 11) is 0. The van der Waals surface area contributed by atoms with E-state index in [0.29, 0.717) is 18.0 Å². The van der Waals surface area contributed by atoms with Crippen LogP contribution in [-0.4, -0.2) is 38.3 Å². The minimum Gasteiger partial charge on any atom is -0.480 e. The maximum absolute atomic E-state index is 11.2. The van der Waals surface area contributed by atoms with Gasteiger partial charge in [0.1, 0.15) is 6.04 Å². The molecule has 0 amide bonds. The molecule has 2 heterocycles. The van der Waals surface area contributed by atoms with Gasteiger partial charge in [0.05, 0.1) is 11.4 Å². The summed E-state index contributed by atoms with van der Waals surface area (Å²) in [5.74, 6) is -0.746. The third-order valence-electron chi connectivity index (χ3n) is 3.75. The summed E-state index contributed by atoms with van der Waals surface area (Å²) in [6, 6.07) is 8.97. The van der Waals surface area contributed by atoms with Gasteiger partial charge < -0.3 is 5.11 Å². The molecule has 21 heavy (non-hydrogen) atoms. The van der Waals surface area contributed by atoms with Crippen LogP contribution in [0.3, 0.4) is 0 Å². The largest absolute Gasteiger partial charge is 0.480 e. The lowest BCUT2D eigenvalue weighted by atomic mass is 10.2. The SMILES string of the molecule is O=C(O)[C@@H]1CCCN1Cc1ccn(-c2ccc(Cl)cc2)n1. The second kappa shape index (κ2) is 5.87. The van der Waals surface area contributed by atoms with E-state index in [1.54, 1.807) is 4.68 Å². The number of nitrogens with zero attached hydrogens (tertiary/aromatic N) is 3. The van der Waals surface area contributed by atoms with Gasteiger partial charge in [0.2, 0.25) is 0 Å². The number of likely N-dealkylation sites (tertiary alicyclic amines) is 1. The molecule has 6 heteroatoms. The zero-order valence-electron chi connectivity index (χ0n) is 11.4. The number of carboxylic acids is 1. The highest BCUT2D eigenvalue weighted by molar-refractivity contribution is 6.30. The van der Waals surface area contributed by atoms with Crippen molar-refractivity contribution in [1.29, 1.82) is 0 Å². The summed E-state index contributed by atoms with van der Waals surface area (Å²) in [6.07, 6.45) is 3.52. The van der Waals surface area contributed by atoms with Gasteiger partial charge in [-0.2, -0.15) is 5.10 Å². The molecule has 1 aliphatic rings. The summed E-state index contributed by atoms with van der Waals surface area (Å²) in [5, 5.41) is 14.4. The fraction of sp³-hybridized carbons (Fsp3) is 0.333. The first kappa shape index (κ1) is 14.1. The normalized spacial score (nSPS) is 19.0. The van der Waals surface area contributed by atoms with Gasteiger partial charge >= 0.3 is 5.97 Å². The van der Waals surface area contributed by atoms with Crippen LogP contribution in [0.1, 0.15) is 18.5 Å². The Kier molecular flexibility index (Phi) is 3.94. The van der Waals surface area contributed by atoms with E-state index in [9.17, 15) is 9.90 Å². The average Bonchev–Trinajstić information content (AvgIpc) is 3.09. The fourth-order valence-corrected chi connectivity index (χ4v) is 2.81. The second-order valence-corrected chi connectivity index (χ2v) is 5.63. The smallest absolute Gasteiger partial charge is 0.320 e. The summed E-state index contributed by atoms with van der Waals surface area (Å²) >= 11 is 5.87. The van der Waals surface area contributed by atoms with Crippen molar-refractivity contribution in [1.82, 2.24) is 14.7 Å². The van der Waals surface area contributed by atoms with Gasteiger partial charge in [0, 0.05) is 17.8 Å². The third-order valence-corrected chi connectivity index (χ3v) is 4.00. The Morgan fingerprint density at radius 3 is 2.81 bits per heavy atom. The zero-order valence-corrected chi connectivity index (χ0v) is 12.2. The molecule has 5 nitrogen and oxygen atoms in total. The Labute approximate surface area is 127 Å². The zero-order chi connectivity index (χ0) is 14.8. The Balaban J connectivity index is 1.73. The number of carbonyl (C=O) groups is 1. The first-order valence-corrected chi connectivity index (χ1v) is 7.28. The molecular formula is C15H16ClN3O2. The monoisotopic (exact) mass is 305 g/mol. The average molecular weight is 306 g/mol. The summed E-state index contributed by atoms with van der Waals surface area (Å²) in [5.41, 5.74) is 1.81. The van der Waals surface area contributed by atoms with E-state index in [4.69, 9.17) is 11.6 Å². The molecular weight excluding hydrogens is 290 g/mol. The highest BCUT2D eigenvalue weighted by Gasteiger charge is 2.30. The first-order chi connectivity index (χ1) is 10.1. The Morgan fingerprint density at radius 1 is 1.33 bits per heavy atom. The molecule has 1 aliphatic heterocycles. The van der Waals surface area contributed by atoms with E-state index in [-0.39, 0.29) is 6.04 Å². The number of benzene rings is 1. The summed E-state index contributed by atoms with van der Waals surface area (Å²) in [4.78, 5) is 13.2. The molecule has 2 aromatic rings. The maximum Gasteiger partial charge on any atom is 0.320 e. The molecule has 0 bridgehead atoms. The lowest BCUT2D eigenvalue weighted by Gasteiger charge is -2.19. The molecule has 1 saturated heterocycles. The number of aromatic nitrogens is 2. The van der Waals surface area contributed by atoms with E-state index in [1.165, 1.54) is 0 Å². The Morgan fingerprint density at radius 2 is 2.10 bits per heavy atom. The van der Waals surface area contributed by atoms with Crippen molar-refractivity contribution in [3.8, 4) is 5.69 Å². The van der Waals surface area contributed by atoms with Crippen LogP contribution in [0, 0.1) is 0 Å². The van der Waals surface area contributed by atoms with Crippen molar-refractivity contribution in [2.45, 2.75) is 25.4 Å².